The third-order valence-corrected chi connectivity index (χ3v) is 4.81. The van der Waals surface area contributed by atoms with Gasteiger partial charge in [0.15, 0.2) is 0 Å². The smallest absolute Gasteiger partial charge is 0.230 e. The van der Waals surface area contributed by atoms with Crippen molar-refractivity contribution in [2.75, 3.05) is 5.75 Å². The van der Waals surface area contributed by atoms with Crippen molar-refractivity contribution in [3.05, 3.63) is 66.2 Å². The highest BCUT2D eigenvalue weighted by Crippen LogP contribution is 2.20. The van der Waals surface area contributed by atoms with Gasteiger partial charge in [-0.05, 0) is 34.5 Å². The lowest BCUT2D eigenvalue weighted by Crippen LogP contribution is -2.30. The van der Waals surface area contributed by atoms with Crippen molar-refractivity contribution in [1.29, 1.82) is 0 Å². The molecule has 3 aromatic rings. The van der Waals surface area contributed by atoms with Crippen LogP contribution in [0.15, 0.2) is 65.8 Å². The molecule has 0 bridgehead atoms. The van der Waals surface area contributed by atoms with Crippen molar-refractivity contribution in [3.63, 3.8) is 0 Å². The summed E-state index contributed by atoms with van der Waals surface area (Å²) in [5, 5.41) is 15.5. The van der Waals surface area contributed by atoms with Gasteiger partial charge in [-0.15, -0.1) is 5.10 Å². The third kappa shape index (κ3) is 4.70. The molecule has 7 heteroatoms. The van der Waals surface area contributed by atoms with Gasteiger partial charge in [-0.2, -0.15) is 4.68 Å². The Balaban J connectivity index is 1.62. The molecule has 0 aliphatic rings. The van der Waals surface area contributed by atoms with Crippen LogP contribution in [0.2, 0.25) is 0 Å². The maximum atomic E-state index is 12.4. The summed E-state index contributed by atoms with van der Waals surface area (Å²) in [7, 11) is 0. The van der Waals surface area contributed by atoms with Gasteiger partial charge in [0.25, 0.3) is 0 Å². The largest absolute Gasteiger partial charge is 0.349 e. The number of aromatic nitrogens is 4. The molecule has 26 heavy (non-hydrogen) atoms. The van der Waals surface area contributed by atoms with E-state index in [0.717, 1.165) is 24.1 Å². The third-order valence-electron chi connectivity index (χ3n) is 3.89. The summed E-state index contributed by atoms with van der Waals surface area (Å²) >= 11 is 1.33. The molecule has 1 heterocycles. The number of carbonyl (C=O) groups excluding carboxylic acids is 1. The van der Waals surface area contributed by atoms with Crippen molar-refractivity contribution in [3.8, 4) is 5.69 Å². The van der Waals surface area contributed by atoms with E-state index in [1.54, 1.807) is 4.68 Å². The van der Waals surface area contributed by atoms with Crippen molar-refractivity contribution in [1.82, 2.24) is 25.5 Å². The summed E-state index contributed by atoms with van der Waals surface area (Å²) < 4.78 is 1.64. The van der Waals surface area contributed by atoms with Crippen molar-refractivity contribution >= 4 is 17.7 Å². The zero-order chi connectivity index (χ0) is 18.2. The van der Waals surface area contributed by atoms with Gasteiger partial charge in [0.05, 0.1) is 17.5 Å². The number of carbonyl (C=O) groups is 1. The fourth-order valence-corrected chi connectivity index (χ4v) is 3.36. The van der Waals surface area contributed by atoms with Gasteiger partial charge < -0.3 is 5.32 Å². The Kier molecular flexibility index (Phi) is 6.38. The van der Waals surface area contributed by atoms with Gasteiger partial charge in [-0.3, -0.25) is 4.79 Å². The Morgan fingerprint density at radius 2 is 1.81 bits per heavy atom. The van der Waals surface area contributed by atoms with Crippen LogP contribution < -0.4 is 5.32 Å². The van der Waals surface area contributed by atoms with Crippen LogP contribution in [-0.4, -0.2) is 31.9 Å². The molecule has 0 saturated carbocycles. The number of para-hydroxylation sites is 1. The van der Waals surface area contributed by atoms with E-state index >= 15 is 0 Å². The number of benzene rings is 2. The Bertz CT molecular complexity index is 822. The van der Waals surface area contributed by atoms with E-state index in [1.165, 1.54) is 11.8 Å². The fourth-order valence-electron chi connectivity index (χ4n) is 2.66. The van der Waals surface area contributed by atoms with E-state index in [1.807, 2.05) is 60.7 Å². The molecule has 0 radical (unpaired) electrons. The van der Waals surface area contributed by atoms with E-state index < -0.39 is 0 Å². The normalized spacial score (nSPS) is 11.9. The monoisotopic (exact) mass is 367 g/mol. The summed E-state index contributed by atoms with van der Waals surface area (Å²) in [6, 6.07) is 19.7. The first-order valence-corrected chi connectivity index (χ1v) is 9.57. The maximum absolute atomic E-state index is 12.4. The van der Waals surface area contributed by atoms with Gasteiger partial charge in [0.1, 0.15) is 0 Å². The molecule has 3 rings (SSSR count). The highest BCUT2D eigenvalue weighted by molar-refractivity contribution is 7.99. The molecule has 1 aromatic heterocycles. The first-order chi connectivity index (χ1) is 12.8. The first-order valence-electron chi connectivity index (χ1n) is 8.59. The van der Waals surface area contributed by atoms with Crippen LogP contribution in [0, 0.1) is 0 Å². The number of thioether (sulfide) groups is 1. The summed E-state index contributed by atoms with van der Waals surface area (Å²) in [6.45, 7) is 2.12. The lowest BCUT2D eigenvalue weighted by molar-refractivity contribution is -0.119. The summed E-state index contributed by atoms with van der Waals surface area (Å²) in [5.74, 6) is 0.236. The molecular formula is C19H21N5OS. The number of tetrazole rings is 1. The quantitative estimate of drug-likeness (QED) is 0.618. The minimum Gasteiger partial charge on any atom is -0.349 e. The lowest BCUT2D eigenvalue weighted by atomic mass is 10.0. The highest BCUT2D eigenvalue weighted by atomic mass is 32.2. The number of amides is 1. The number of nitrogens with zero attached hydrogens (tertiary/aromatic N) is 4. The molecule has 0 aliphatic heterocycles. The van der Waals surface area contributed by atoms with Gasteiger partial charge in [0.2, 0.25) is 11.1 Å². The highest BCUT2D eigenvalue weighted by Gasteiger charge is 2.16. The molecule has 134 valence electrons. The predicted molar refractivity (Wildman–Crippen MR) is 102 cm³/mol. The summed E-state index contributed by atoms with van der Waals surface area (Å²) in [4.78, 5) is 12.4. The number of hydrogen-bond acceptors (Lipinski definition) is 5. The average molecular weight is 367 g/mol. The Labute approximate surface area is 157 Å². The molecule has 2 aromatic carbocycles. The minimum absolute atomic E-state index is 0.0272. The van der Waals surface area contributed by atoms with Gasteiger partial charge in [-0.25, -0.2) is 0 Å². The lowest BCUT2D eigenvalue weighted by Gasteiger charge is -2.18. The molecule has 1 unspecified atom stereocenters. The van der Waals surface area contributed by atoms with Crippen LogP contribution in [0.5, 0.6) is 0 Å². The molecular weight excluding hydrogens is 346 g/mol. The number of hydrogen-bond donors (Lipinski definition) is 1. The fraction of sp³-hybridized carbons (Fsp3) is 0.263. The van der Waals surface area contributed by atoms with Gasteiger partial charge >= 0.3 is 0 Å². The summed E-state index contributed by atoms with van der Waals surface area (Å²) in [5.41, 5.74) is 2.00. The Morgan fingerprint density at radius 1 is 1.12 bits per heavy atom. The zero-order valence-electron chi connectivity index (χ0n) is 14.6. The average Bonchev–Trinajstić information content (AvgIpc) is 3.16. The van der Waals surface area contributed by atoms with E-state index in [4.69, 9.17) is 0 Å². The summed E-state index contributed by atoms with van der Waals surface area (Å²) in [6.07, 6.45) is 1.90. The minimum atomic E-state index is -0.0279. The van der Waals surface area contributed by atoms with Crippen molar-refractivity contribution in [2.45, 2.75) is 31.0 Å². The van der Waals surface area contributed by atoms with E-state index in [2.05, 4.69) is 27.8 Å². The number of rotatable bonds is 8. The van der Waals surface area contributed by atoms with E-state index in [0.29, 0.717) is 5.16 Å². The molecule has 0 saturated heterocycles. The molecule has 1 amide bonds. The molecule has 1 atom stereocenters. The van der Waals surface area contributed by atoms with Gasteiger partial charge in [0, 0.05) is 0 Å². The Morgan fingerprint density at radius 3 is 2.50 bits per heavy atom. The second kappa shape index (κ2) is 9.15. The topological polar surface area (TPSA) is 72.7 Å². The van der Waals surface area contributed by atoms with Crippen LogP contribution in [0.1, 0.15) is 31.4 Å². The van der Waals surface area contributed by atoms with Gasteiger partial charge in [-0.1, -0.05) is 73.6 Å². The second-order valence-corrected chi connectivity index (χ2v) is 6.76. The maximum Gasteiger partial charge on any atom is 0.230 e. The molecule has 1 N–H and O–H groups in total. The van der Waals surface area contributed by atoms with Crippen molar-refractivity contribution in [2.24, 2.45) is 0 Å². The first kappa shape index (κ1) is 18.1. The zero-order valence-corrected chi connectivity index (χ0v) is 15.4. The van der Waals surface area contributed by atoms with Crippen LogP contribution >= 0.6 is 11.8 Å². The molecule has 6 nitrogen and oxygen atoms in total. The van der Waals surface area contributed by atoms with Crippen LogP contribution in [0.25, 0.3) is 5.69 Å². The van der Waals surface area contributed by atoms with E-state index in [9.17, 15) is 4.79 Å². The molecule has 0 fully saturated rings. The standard InChI is InChI=1S/C19H21N5OS/c1-2-9-17(15-10-5-3-6-11-15)20-18(25)14-26-19-21-22-23-24(19)16-12-7-4-8-13-16/h3-8,10-13,17H,2,9,14H2,1H3,(H,20,25). The van der Waals surface area contributed by atoms with Crippen LogP contribution in [-0.2, 0) is 4.79 Å². The van der Waals surface area contributed by atoms with Crippen molar-refractivity contribution < 1.29 is 4.79 Å². The second-order valence-electron chi connectivity index (χ2n) is 5.82. The molecule has 0 aliphatic carbocycles. The number of nitrogens with one attached hydrogen (secondary N) is 1. The van der Waals surface area contributed by atoms with E-state index in [-0.39, 0.29) is 17.7 Å². The molecule has 0 spiro atoms. The Hall–Kier alpha value is -2.67. The predicted octanol–water partition coefficient (Wildman–Crippen LogP) is 3.41. The van der Waals surface area contributed by atoms with Crippen LogP contribution in [0.4, 0.5) is 0 Å². The van der Waals surface area contributed by atoms with Crippen LogP contribution in [0.3, 0.4) is 0 Å². The SMILES string of the molecule is CCCC(NC(=O)CSc1nnnn1-c1ccccc1)c1ccccc1.